The Hall–Kier alpha value is -2.82. The first-order valence-electron chi connectivity index (χ1n) is 7.21. The highest BCUT2D eigenvalue weighted by atomic mass is 16.3. The van der Waals surface area contributed by atoms with E-state index in [2.05, 4.69) is 11.8 Å². The van der Waals surface area contributed by atoms with Crippen LogP contribution in [0.3, 0.4) is 0 Å². The Balaban J connectivity index is 2.11. The first-order chi connectivity index (χ1) is 10.8. The van der Waals surface area contributed by atoms with Gasteiger partial charge in [-0.2, -0.15) is 0 Å². The van der Waals surface area contributed by atoms with Gasteiger partial charge in [-0.25, -0.2) is 0 Å². The van der Waals surface area contributed by atoms with Gasteiger partial charge in [-0.15, -0.1) is 0 Å². The van der Waals surface area contributed by atoms with Gasteiger partial charge < -0.3 is 5.11 Å². The quantitative estimate of drug-likeness (QED) is 0.706. The van der Waals surface area contributed by atoms with Crippen LogP contribution in [-0.4, -0.2) is 5.11 Å². The van der Waals surface area contributed by atoms with Crippen molar-refractivity contribution < 1.29 is 5.11 Å². The highest BCUT2D eigenvalue weighted by molar-refractivity contribution is 5.47. The van der Waals surface area contributed by atoms with Gasteiger partial charge in [-0.05, 0) is 12.1 Å². The van der Waals surface area contributed by atoms with Gasteiger partial charge in [-0.3, -0.25) is 0 Å². The maximum atomic E-state index is 11.2. The number of hydrogen-bond acceptors (Lipinski definition) is 1. The number of benzene rings is 3. The van der Waals surface area contributed by atoms with Crippen LogP contribution in [0, 0.1) is 11.8 Å². The molecule has 3 aromatic carbocycles. The average molecular weight is 284 g/mol. The molecule has 0 aliphatic heterocycles. The molecule has 22 heavy (non-hydrogen) atoms. The van der Waals surface area contributed by atoms with Crippen molar-refractivity contribution in [2.75, 3.05) is 0 Å². The molecule has 1 heteroatoms. The standard InChI is InChI=1S/C21H16O/c22-21(19-12-6-2-7-13-19,20-14-8-3-9-15-20)17-16-18-10-4-1-5-11-18/h1-15,22H. The second-order valence-corrected chi connectivity index (χ2v) is 5.06. The molecule has 0 heterocycles. The second-order valence-electron chi connectivity index (χ2n) is 5.06. The molecule has 1 N–H and O–H groups in total. The molecule has 0 amide bonds. The van der Waals surface area contributed by atoms with Crippen molar-refractivity contribution in [3.05, 3.63) is 108 Å². The summed E-state index contributed by atoms with van der Waals surface area (Å²) in [4.78, 5) is 0. The first-order valence-corrected chi connectivity index (χ1v) is 7.21. The molecule has 106 valence electrons. The minimum Gasteiger partial charge on any atom is -0.369 e. The maximum Gasteiger partial charge on any atom is 0.177 e. The van der Waals surface area contributed by atoms with Crippen LogP contribution in [-0.2, 0) is 5.60 Å². The smallest absolute Gasteiger partial charge is 0.177 e. The summed E-state index contributed by atoms with van der Waals surface area (Å²) >= 11 is 0. The van der Waals surface area contributed by atoms with Crippen LogP contribution in [0.1, 0.15) is 16.7 Å². The van der Waals surface area contributed by atoms with E-state index >= 15 is 0 Å². The van der Waals surface area contributed by atoms with E-state index in [9.17, 15) is 5.11 Å². The third-order valence-electron chi connectivity index (χ3n) is 3.54. The summed E-state index contributed by atoms with van der Waals surface area (Å²) < 4.78 is 0. The molecule has 0 unspecified atom stereocenters. The third kappa shape index (κ3) is 2.93. The van der Waals surface area contributed by atoms with Gasteiger partial charge in [-0.1, -0.05) is 90.7 Å². The first kappa shape index (κ1) is 14.1. The predicted molar refractivity (Wildman–Crippen MR) is 89.2 cm³/mol. The van der Waals surface area contributed by atoms with Crippen LogP contribution in [0.2, 0.25) is 0 Å². The maximum absolute atomic E-state index is 11.2. The molecule has 0 saturated carbocycles. The van der Waals surface area contributed by atoms with Crippen molar-refractivity contribution in [2.45, 2.75) is 5.60 Å². The van der Waals surface area contributed by atoms with Crippen LogP contribution >= 0.6 is 0 Å². The zero-order valence-electron chi connectivity index (χ0n) is 12.1. The van der Waals surface area contributed by atoms with Gasteiger partial charge in [0.05, 0.1) is 0 Å². The highest BCUT2D eigenvalue weighted by Crippen LogP contribution is 2.28. The van der Waals surface area contributed by atoms with Gasteiger partial charge in [0.1, 0.15) is 0 Å². The lowest BCUT2D eigenvalue weighted by atomic mass is 9.86. The van der Waals surface area contributed by atoms with Gasteiger partial charge in [0.2, 0.25) is 0 Å². The fraction of sp³-hybridized carbons (Fsp3) is 0.0476. The minimum absolute atomic E-state index is 0.768. The molecule has 0 bridgehead atoms. The largest absolute Gasteiger partial charge is 0.369 e. The van der Waals surface area contributed by atoms with E-state index in [-0.39, 0.29) is 0 Å². The lowest BCUT2D eigenvalue weighted by molar-refractivity contribution is 0.145. The fourth-order valence-electron chi connectivity index (χ4n) is 2.35. The highest BCUT2D eigenvalue weighted by Gasteiger charge is 2.28. The molecule has 1 nitrogen and oxygen atoms in total. The van der Waals surface area contributed by atoms with E-state index in [1.165, 1.54) is 0 Å². The average Bonchev–Trinajstić information content (AvgIpc) is 2.62. The Labute approximate surface area is 130 Å². The van der Waals surface area contributed by atoms with E-state index in [1.807, 2.05) is 91.0 Å². The summed E-state index contributed by atoms with van der Waals surface area (Å²) in [5.41, 5.74) is 1.10. The lowest BCUT2D eigenvalue weighted by Gasteiger charge is -2.23. The summed E-state index contributed by atoms with van der Waals surface area (Å²) in [7, 11) is 0. The Kier molecular flexibility index (Phi) is 4.05. The molecule has 0 atom stereocenters. The number of hydrogen-bond donors (Lipinski definition) is 1. The third-order valence-corrected chi connectivity index (χ3v) is 3.54. The van der Waals surface area contributed by atoms with Crippen molar-refractivity contribution in [1.82, 2.24) is 0 Å². The minimum atomic E-state index is -1.32. The topological polar surface area (TPSA) is 20.2 Å². The molecule has 0 aliphatic rings. The molecule has 0 saturated heterocycles. The Bertz CT molecular complexity index is 741. The van der Waals surface area contributed by atoms with E-state index < -0.39 is 5.60 Å². The van der Waals surface area contributed by atoms with E-state index in [4.69, 9.17) is 0 Å². The summed E-state index contributed by atoms with van der Waals surface area (Å²) in [6.07, 6.45) is 0. The van der Waals surface area contributed by atoms with Gasteiger partial charge >= 0.3 is 0 Å². The SMILES string of the molecule is OC(C#Cc1ccccc1)(c1ccccc1)c1ccccc1. The molecule has 0 spiro atoms. The van der Waals surface area contributed by atoms with Crippen LogP contribution in [0.4, 0.5) is 0 Å². The summed E-state index contributed by atoms with van der Waals surface area (Å²) in [6.45, 7) is 0. The van der Waals surface area contributed by atoms with Crippen LogP contribution in [0.25, 0.3) is 0 Å². The van der Waals surface area contributed by atoms with Crippen molar-refractivity contribution in [1.29, 1.82) is 0 Å². The monoisotopic (exact) mass is 284 g/mol. The Morgan fingerprint density at radius 3 is 1.45 bits per heavy atom. The molecular formula is C21H16O. The van der Waals surface area contributed by atoms with E-state index in [0.717, 1.165) is 16.7 Å². The molecule has 3 aromatic rings. The summed E-state index contributed by atoms with van der Waals surface area (Å²) in [5.74, 6) is 6.13. The molecule has 0 radical (unpaired) electrons. The zero-order chi connectivity index (χ0) is 15.3. The van der Waals surface area contributed by atoms with E-state index in [1.54, 1.807) is 0 Å². The van der Waals surface area contributed by atoms with Crippen LogP contribution in [0.5, 0.6) is 0 Å². The second kappa shape index (κ2) is 6.30. The molecule has 0 aliphatic carbocycles. The fourth-order valence-corrected chi connectivity index (χ4v) is 2.35. The van der Waals surface area contributed by atoms with Crippen molar-refractivity contribution in [2.24, 2.45) is 0 Å². The van der Waals surface area contributed by atoms with Gasteiger partial charge in [0, 0.05) is 16.7 Å². The van der Waals surface area contributed by atoms with Gasteiger partial charge in [0.25, 0.3) is 0 Å². The summed E-state index contributed by atoms with van der Waals surface area (Å²) in [6, 6.07) is 28.8. The lowest BCUT2D eigenvalue weighted by Crippen LogP contribution is -2.25. The zero-order valence-corrected chi connectivity index (χ0v) is 12.1. The Morgan fingerprint density at radius 1 is 0.591 bits per heavy atom. The van der Waals surface area contributed by atoms with Crippen molar-refractivity contribution in [3.63, 3.8) is 0 Å². The molecule has 3 rings (SSSR count). The van der Waals surface area contributed by atoms with Crippen molar-refractivity contribution in [3.8, 4) is 11.8 Å². The van der Waals surface area contributed by atoms with E-state index in [0.29, 0.717) is 0 Å². The normalized spacial score (nSPS) is 10.6. The Morgan fingerprint density at radius 2 is 1.00 bits per heavy atom. The number of rotatable bonds is 2. The molecular weight excluding hydrogens is 268 g/mol. The number of aliphatic hydroxyl groups is 1. The molecule has 0 fully saturated rings. The van der Waals surface area contributed by atoms with Crippen LogP contribution in [0.15, 0.2) is 91.0 Å². The summed E-state index contributed by atoms with van der Waals surface area (Å²) in [5, 5.41) is 11.2. The predicted octanol–water partition coefficient (Wildman–Crippen LogP) is 3.97. The van der Waals surface area contributed by atoms with Crippen LogP contribution < -0.4 is 0 Å². The van der Waals surface area contributed by atoms with Crippen molar-refractivity contribution >= 4 is 0 Å². The molecule has 0 aromatic heterocycles. The van der Waals surface area contributed by atoms with Gasteiger partial charge in [0.15, 0.2) is 5.60 Å².